The van der Waals surface area contributed by atoms with E-state index >= 15 is 0 Å². The van der Waals surface area contributed by atoms with Crippen molar-refractivity contribution < 1.29 is 4.52 Å². The Bertz CT molecular complexity index is 318. The second-order valence-corrected chi connectivity index (χ2v) is 4.55. The normalized spacial score (nSPS) is 20.8. The molecule has 4 heteroatoms. The van der Waals surface area contributed by atoms with Gasteiger partial charge in [0.05, 0.1) is 12.2 Å². The fraction of sp³-hybridized carbons (Fsp3) is 0.750. The highest BCUT2D eigenvalue weighted by Crippen LogP contribution is 2.14. The summed E-state index contributed by atoms with van der Waals surface area (Å²) in [6, 6.07) is 2.69. The Labute approximate surface area is 97.0 Å². The molecule has 1 aromatic rings. The van der Waals surface area contributed by atoms with Crippen molar-refractivity contribution in [1.29, 1.82) is 0 Å². The Hall–Kier alpha value is -0.870. The minimum Gasteiger partial charge on any atom is -0.360 e. The number of nitrogens with one attached hydrogen (secondary N) is 1. The minimum absolute atomic E-state index is 0.658. The molecule has 1 aliphatic rings. The Balaban J connectivity index is 1.96. The van der Waals surface area contributed by atoms with E-state index in [1.165, 1.54) is 12.8 Å². The van der Waals surface area contributed by atoms with Crippen LogP contribution in [0.4, 0.5) is 0 Å². The van der Waals surface area contributed by atoms with E-state index < -0.39 is 0 Å². The van der Waals surface area contributed by atoms with Gasteiger partial charge >= 0.3 is 0 Å². The molecule has 1 fully saturated rings. The molecule has 0 spiro atoms. The first-order valence-corrected chi connectivity index (χ1v) is 6.16. The van der Waals surface area contributed by atoms with Crippen LogP contribution in [-0.2, 0) is 6.54 Å². The molecule has 2 rings (SSSR count). The van der Waals surface area contributed by atoms with Crippen LogP contribution in [0.5, 0.6) is 0 Å². The highest BCUT2D eigenvalue weighted by Gasteiger charge is 2.22. The van der Waals surface area contributed by atoms with E-state index in [4.69, 9.17) is 4.52 Å². The summed E-state index contributed by atoms with van der Waals surface area (Å²) in [6.07, 6.45) is 2.43. The molecule has 1 aliphatic heterocycles. The predicted octanol–water partition coefficient (Wildman–Crippen LogP) is 1.56. The average molecular weight is 223 g/mol. The van der Waals surface area contributed by atoms with E-state index in [9.17, 15) is 0 Å². The van der Waals surface area contributed by atoms with Crippen molar-refractivity contribution in [3.8, 4) is 0 Å². The van der Waals surface area contributed by atoms with Crippen LogP contribution >= 0.6 is 0 Å². The van der Waals surface area contributed by atoms with Gasteiger partial charge in [-0.15, -0.1) is 0 Å². The van der Waals surface area contributed by atoms with Crippen molar-refractivity contribution in [2.24, 2.45) is 0 Å². The third kappa shape index (κ3) is 2.83. The van der Waals surface area contributed by atoms with Gasteiger partial charge in [0, 0.05) is 18.7 Å². The lowest BCUT2D eigenvalue weighted by Gasteiger charge is -2.26. The summed E-state index contributed by atoms with van der Waals surface area (Å²) in [4.78, 5) is 2.50. The monoisotopic (exact) mass is 223 g/mol. The molecular weight excluding hydrogens is 202 g/mol. The summed E-state index contributed by atoms with van der Waals surface area (Å²) in [6.45, 7) is 8.45. The summed E-state index contributed by atoms with van der Waals surface area (Å²) in [5.74, 6) is 0.984. The van der Waals surface area contributed by atoms with Crippen molar-refractivity contribution in [1.82, 2.24) is 15.4 Å². The number of aromatic nitrogens is 1. The summed E-state index contributed by atoms with van der Waals surface area (Å²) >= 11 is 0. The smallest absolute Gasteiger partial charge is 0.150 e. The van der Waals surface area contributed by atoms with E-state index in [0.29, 0.717) is 6.04 Å². The lowest BCUT2D eigenvalue weighted by Crippen LogP contribution is -2.36. The van der Waals surface area contributed by atoms with Crippen LogP contribution in [0.1, 0.15) is 31.2 Å². The minimum atomic E-state index is 0.658. The second kappa shape index (κ2) is 5.46. The maximum absolute atomic E-state index is 5.29. The quantitative estimate of drug-likeness (QED) is 0.822. The Morgan fingerprint density at radius 2 is 2.50 bits per heavy atom. The van der Waals surface area contributed by atoms with E-state index in [1.807, 2.05) is 13.0 Å². The zero-order valence-corrected chi connectivity index (χ0v) is 10.2. The van der Waals surface area contributed by atoms with Crippen LogP contribution in [0, 0.1) is 6.92 Å². The summed E-state index contributed by atoms with van der Waals surface area (Å²) in [7, 11) is 0. The molecule has 0 aromatic carbocycles. The zero-order chi connectivity index (χ0) is 11.4. The number of hydrogen-bond acceptors (Lipinski definition) is 4. The molecule has 1 atom stereocenters. The molecule has 1 unspecified atom stereocenters. The highest BCUT2D eigenvalue weighted by molar-refractivity contribution is 5.03. The summed E-state index contributed by atoms with van der Waals surface area (Å²) in [5.41, 5.74) is 0.969. The highest BCUT2D eigenvalue weighted by atomic mass is 16.5. The third-order valence-electron chi connectivity index (χ3n) is 3.10. The van der Waals surface area contributed by atoms with Gasteiger partial charge in [-0.3, -0.25) is 4.90 Å². The molecule has 1 aromatic heterocycles. The van der Waals surface area contributed by atoms with Crippen LogP contribution in [-0.4, -0.2) is 35.7 Å². The molecule has 0 amide bonds. The van der Waals surface area contributed by atoms with Crippen LogP contribution in [0.15, 0.2) is 10.6 Å². The Morgan fingerprint density at radius 3 is 3.06 bits per heavy atom. The topological polar surface area (TPSA) is 41.3 Å². The van der Waals surface area contributed by atoms with Gasteiger partial charge in [-0.25, -0.2) is 0 Å². The molecule has 0 radical (unpaired) electrons. The molecule has 1 saturated heterocycles. The second-order valence-electron chi connectivity index (χ2n) is 4.55. The van der Waals surface area contributed by atoms with Gasteiger partial charge in [-0.2, -0.15) is 0 Å². The fourth-order valence-electron chi connectivity index (χ4n) is 2.32. The van der Waals surface area contributed by atoms with Gasteiger partial charge in [-0.05, 0) is 32.9 Å². The van der Waals surface area contributed by atoms with Gasteiger partial charge < -0.3 is 9.84 Å². The van der Waals surface area contributed by atoms with Crippen LogP contribution in [0.25, 0.3) is 0 Å². The van der Waals surface area contributed by atoms with Gasteiger partial charge in [-0.1, -0.05) is 12.1 Å². The SMILES string of the molecule is CCCN(Cc1cc(C)no1)C1CCNC1. The molecule has 2 heterocycles. The van der Waals surface area contributed by atoms with Gasteiger partial charge in [0.2, 0.25) is 0 Å². The first-order chi connectivity index (χ1) is 7.79. The van der Waals surface area contributed by atoms with Crippen LogP contribution in [0.2, 0.25) is 0 Å². The molecule has 0 bridgehead atoms. The Kier molecular flexibility index (Phi) is 3.96. The fourth-order valence-corrected chi connectivity index (χ4v) is 2.32. The standard InChI is InChI=1S/C12H21N3O/c1-3-6-15(11-4-5-13-8-11)9-12-7-10(2)14-16-12/h7,11,13H,3-6,8-9H2,1-2H3. The molecule has 0 aliphatic carbocycles. The number of rotatable bonds is 5. The van der Waals surface area contributed by atoms with Crippen LogP contribution in [0.3, 0.4) is 0 Å². The number of nitrogens with zero attached hydrogens (tertiary/aromatic N) is 2. The lowest BCUT2D eigenvalue weighted by molar-refractivity contribution is 0.177. The third-order valence-corrected chi connectivity index (χ3v) is 3.10. The molecule has 90 valence electrons. The largest absolute Gasteiger partial charge is 0.360 e. The van der Waals surface area contributed by atoms with E-state index in [0.717, 1.165) is 37.6 Å². The molecule has 16 heavy (non-hydrogen) atoms. The van der Waals surface area contributed by atoms with Crippen molar-refractivity contribution in [2.75, 3.05) is 19.6 Å². The molecule has 0 saturated carbocycles. The first kappa shape index (κ1) is 11.6. The average Bonchev–Trinajstić information content (AvgIpc) is 2.88. The predicted molar refractivity (Wildman–Crippen MR) is 63.2 cm³/mol. The molecule has 1 N–H and O–H groups in total. The van der Waals surface area contributed by atoms with Gasteiger partial charge in [0.15, 0.2) is 5.76 Å². The van der Waals surface area contributed by atoms with Crippen molar-refractivity contribution >= 4 is 0 Å². The van der Waals surface area contributed by atoms with Crippen molar-refractivity contribution in [3.63, 3.8) is 0 Å². The van der Waals surface area contributed by atoms with E-state index in [2.05, 4.69) is 22.3 Å². The lowest BCUT2D eigenvalue weighted by atomic mass is 10.2. The van der Waals surface area contributed by atoms with E-state index in [-0.39, 0.29) is 0 Å². The first-order valence-electron chi connectivity index (χ1n) is 6.16. The molecule has 4 nitrogen and oxygen atoms in total. The summed E-state index contributed by atoms with van der Waals surface area (Å²) in [5, 5.41) is 7.35. The number of aryl methyl sites for hydroxylation is 1. The van der Waals surface area contributed by atoms with Crippen molar-refractivity contribution in [2.45, 2.75) is 39.3 Å². The van der Waals surface area contributed by atoms with Gasteiger partial charge in [0.25, 0.3) is 0 Å². The Morgan fingerprint density at radius 1 is 1.62 bits per heavy atom. The van der Waals surface area contributed by atoms with E-state index in [1.54, 1.807) is 0 Å². The summed E-state index contributed by atoms with van der Waals surface area (Å²) < 4.78 is 5.29. The zero-order valence-electron chi connectivity index (χ0n) is 10.2. The number of hydrogen-bond donors (Lipinski definition) is 1. The maximum atomic E-state index is 5.29. The van der Waals surface area contributed by atoms with Gasteiger partial charge in [0.1, 0.15) is 0 Å². The molecular formula is C12H21N3O. The van der Waals surface area contributed by atoms with Crippen LogP contribution < -0.4 is 5.32 Å². The maximum Gasteiger partial charge on any atom is 0.150 e. The van der Waals surface area contributed by atoms with Crippen molar-refractivity contribution in [3.05, 3.63) is 17.5 Å².